The van der Waals surface area contributed by atoms with E-state index >= 15 is 0 Å². The normalized spacial score (nSPS) is 14.3. The predicted molar refractivity (Wildman–Crippen MR) is 156 cm³/mol. The quantitative estimate of drug-likeness (QED) is 0.261. The van der Waals surface area contributed by atoms with Crippen molar-refractivity contribution < 1.29 is 35.9 Å². The Labute approximate surface area is 254 Å². The molecular formula is C28H25F3N6O5S2. The van der Waals surface area contributed by atoms with E-state index in [1.54, 1.807) is 6.07 Å². The molecule has 0 saturated carbocycles. The van der Waals surface area contributed by atoms with E-state index in [1.165, 1.54) is 63.5 Å². The Hall–Kier alpha value is -4.25. The molecule has 2 amide bonds. The third kappa shape index (κ3) is 6.93. The minimum absolute atomic E-state index is 0.0218. The number of anilines is 1. The zero-order valence-electron chi connectivity index (χ0n) is 22.8. The first-order valence-corrected chi connectivity index (χ1v) is 15.5. The van der Waals surface area contributed by atoms with Crippen molar-refractivity contribution in [2.45, 2.75) is 16.2 Å². The molecule has 0 atom stereocenters. The number of nitrogens with one attached hydrogen (secondary N) is 1. The third-order valence-electron chi connectivity index (χ3n) is 6.55. The topological polar surface area (TPSA) is 150 Å². The number of sulfonamides is 1. The van der Waals surface area contributed by atoms with E-state index in [0.717, 1.165) is 23.9 Å². The summed E-state index contributed by atoms with van der Waals surface area (Å²) in [6, 6.07) is 16.3. The Morgan fingerprint density at radius 2 is 1.68 bits per heavy atom. The number of alkyl halides is 3. The van der Waals surface area contributed by atoms with E-state index < -0.39 is 33.6 Å². The number of amides is 2. The van der Waals surface area contributed by atoms with Crippen LogP contribution in [-0.2, 0) is 25.7 Å². The van der Waals surface area contributed by atoms with Gasteiger partial charge in [0, 0.05) is 29.9 Å². The molecule has 1 aromatic heterocycles. The number of aromatic nitrogens is 3. The fourth-order valence-electron chi connectivity index (χ4n) is 4.38. The average Bonchev–Trinajstić information content (AvgIpc) is 3.44. The van der Waals surface area contributed by atoms with Crippen LogP contribution in [-0.4, -0.2) is 71.4 Å². The Kier molecular flexibility index (Phi) is 9.05. The van der Waals surface area contributed by atoms with E-state index in [0.29, 0.717) is 5.69 Å². The van der Waals surface area contributed by atoms with Crippen molar-refractivity contribution >= 4 is 39.3 Å². The Morgan fingerprint density at radius 3 is 2.36 bits per heavy atom. The number of nitrogens with zero attached hydrogens (tertiary/aromatic N) is 4. The first-order chi connectivity index (χ1) is 20.9. The first kappa shape index (κ1) is 31.2. The summed E-state index contributed by atoms with van der Waals surface area (Å²) in [5, 5.41) is 11.1. The highest BCUT2D eigenvalue weighted by molar-refractivity contribution is 7.99. The maximum atomic E-state index is 13.6. The summed E-state index contributed by atoms with van der Waals surface area (Å²) in [6.45, 7) is 0.890. The Morgan fingerprint density at radius 1 is 0.977 bits per heavy atom. The summed E-state index contributed by atoms with van der Waals surface area (Å²) < 4.78 is 75.4. The second kappa shape index (κ2) is 12.8. The molecule has 0 spiro atoms. The summed E-state index contributed by atoms with van der Waals surface area (Å²) in [7, 11) is -3.88. The lowest BCUT2D eigenvalue weighted by atomic mass is 10.1. The number of nitrogens with two attached hydrogens (primary N) is 1. The minimum atomic E-state index is -4.63. The highest BCUT2D eigenvalue weighted by atomic mass is 32.2. The van der Waals surface area contributed by atoms with Crippen LogP contribution in [0.4, 0.5) is 18.9 Å². The maximum absolute atomic E-state index is 13.6. The van der Waals surface area contributed by atoms with Gasteiger partial charge < -0.3 is 15.8 Å². The number of thioether (sulfide) groups is 1. The number of carbonyl (C=O) groups is 2. The van der Waals surface area contributed by atoms with Crippen molar-refractivity contribution in [1.82, 2.24) is 19.1 Å². The van der Waals surface area contributed by atoms with Crippen molar-refractivity contribution in [2.24, 2.45) is 5.73 Å². The average molecular weight is 647 g/mol. The molecule has 0 radical (unpaired) electrons. The van der Waals surface area contributed by atoms with Crippen LogP contribution in [0.5, 0.6) is 0 Å². The van der Waals surface area contributed by atoms with Crippen LogP contribution < -0.4 is 11.1 Å². The number of morpholine rings is 1. The molecule has 5 rings (SSSR count). The molecule has 16 heteroatoms. The summed E-state index contributed by atoms with van der Waals surface area (Å²) in [6.07, 6.45) is -4.63. The lowest BCUT2D eigenvalue weighted by Gasteiger charge is -2.26. The van der Waals surface area contributed by atoms with Crippen molar-refractivity contribution in [3.63, 3.8) is 0 Å². The van der Waals surface area contributed by atoms with Gasteiger partial charge in [-0.2, -0.15) is 17.5 Å². The van der Waals surface area contributed by atoms with Crippen molar-refractivity contribution in [1.29, 1.82) is 0 Å². The number of hydrogen-bond donors (Lipinski definition) is 2. The van der Waals surface area contributed by atoms with Gasteiger partial charge in [0.2, 0.25) is 21.8 Å². The van der Waals surface area contributed by atoms with Gasteiger partial charge in [0.1, 0.15) is 0 Å². The van der Waals surface area contributed by atoms with Crippen LogP contribution in [0.2, 0.25) is 0 Å². The van der Waals surface area contributed by atoms with Crippen LogP contribution >= 0.6 is 11.8 Å². The molecule has 0 unspecified atom stereocenters. The highest BCUT2D eigenvalue weighted by Crippen LogP contribution is 2.34. The Bertz CT molecular complexity index is 1790. The van der Waals surface area contributed by atoms with Crippen LogP contribution in [0, 0.1) is 0 Å². The Balaban J connectivity index is 1.47. The molecule has 1 fully saturated rings. The number of ether oxygens (including phenoxy) is 1. The molecule has 1 saturated heterocycles. The lowest BCUT2D eigenvalue weighted by molar-refractivity contribution is -0.137. The number of benzene rings is 3. The SMILES string of the molecule is NC(=O)c1ccc(NC(=O)CSc2nnc(-c3cccc(S(=O)(=O)N4CCOCC4)c3)n2-c2cccc(C(F)(F)F)c2)cc1. The molecule has 11 nitrogen and oxygen atoms in total. The molecule has 4 aromatic rings. The molecule has 3 N–H and O–H groups in total. The third-order valence-corrected chi connectivity index (χ3v) is 9.37. The number of hydrogen-bond acceptors (Lipinski definition) is 8. The van der Waals surface area contributed by atoms with E-state index in [9.17, 15) is 31.2 Å². The van der Waals surface area contributed by atoms with Crippen molar-refractivity contribution in [2.75, 3.05) is 37.4 Å². The van der Waals surface area contributed by atoms with Gasteiger partial charge in [0.05, 0.1) is 35.1 Å². The van der Waals surface area contributed by atoms with Gasteiger partial charge >= 0.3 is 6.18 Å². The van der Waals surface area contributed by atoms with Crippen LogP contribution in [0.3, 0.4) is 0 Å². The van der Waals surface area contributed by atoms with Crippen LogP contribution in [0.25, 0.3) is 17.1 Å². The molecule has 3 aromatic carbocycles. The zero-order valence-corrected chi connectivity index (χ0v) is 24.5. The van der Waals surface area contributed by atoms with Gasteiger partial charge in [-0.25, -0.2) is 8.42 Å². The molecule has 230 valence electrons. The van der Waals surface area contributed by atoms with Gasteiger partial charge in [-0.15, -0.1) is 10.2 Å². The number of rotatable bonds is 9. The molecule has 2 heterocycles. The maximum Gasteiger partial charge on any atom is 0.416 e. The smallest absolute Gasteiger partial charge is 0.379 e. The van der Waals surface area contributed by atoms with Crippen molar-refractivity contribution in [3.8, 4) is 17.1 Å². The van der Waals surface area contributed by atoms with E-state index in [1.807, 2.05) is 0 Å². The standard InChI is InChI=1S/C28H25F3N6O5S2/c29-28(30,31)20-4-2-5-22(16-20)37-26(19-3-1-6-23(15-19)44(40,41)36-11-13-42-14-12-36)34-35-27(37)43-17-24(38)33-21-9-7-18(8-10-21)25(32)39/h1-10,15-16H,11-14,17H2,(H2,32,39)(H,33,38). The largest absolute Gasteiger partial charge is 0.416 e. The molecule has 44 heavy (non-hydrogen) atoms. The van der Waals surface area contributed by atoms with Gasteiger partial charge in [-0.05, 0) is 54.6 Å². The number of halogens is 3. The van der Waals surface area contributed by atoms with Gasteiger partial charge in [-0.3, -0.25) is 14.2 Å². The predicted octanol–water partition coefficient (Wildman–Crippen LogP) is 3.80. The summed E-state index contributed by atoms with van der Waals surface area (Å²) >= 11 is 0.920. The van der Waals surface area contributed by atoms with E-state index in [2.05, 4.69) is 15.5 Å². The fourth-order valence-corrected chi connectivity index (χ4v) is 6.59. The number of carbonyl (C=O) groups excluding carboxylic acids is 2. The molecule has 0 aliphatic carbocycles. The van der Waals surface area contributed by atoms with Gasteiger partial charge in [0.15, 0.2) is 11.0 Å². The molecule has 1 aliphatic rings. The van der Waals surface area contributed by atoms with Crippen molar-refractivity contribution in [3.05, 3.63) is 83.9 Å². The lowest BCUT2D eigenvalue weighted by Crippen LogP contribution is -2.40. The highest BCUT2D eigenvalue weighted by Gasteiger charge is 2.31. The second-order valence-corrected chi connectivity index (χ2v) is 12.4. The number of primary amides is 1. The molecule has 0 bridgehead atoms. The summed E-state index contributed by atoms with van der Waals surface area (Å²) in [4.78, 5) is 24.0. The monoisotopic (exact) mass is 646 g/mol. The van der Waals surface area contributed by atoms with E-state index in [-0.39, 0.29) is 64.7 Å². The molecular weight excluding hydrogens is 621 g/mol. The summed E-state index contributed by atoms with van der Waals surface area (Å²) in [5.74, 6) is -1.19. The van der Waals surface area contributed by atoms with Gasteiger partial charge in [-0.1, -0.05) is 30.0 Å². The first-order valence-electron chi connectivity index (χ1n) is 13.1. The fraction of sp³-hybridized carbons (Fsp3) is 0.214. The minimum Gasteiger partial charge on any atom is -0.379 e. The van der Waals surface area contributed by atoms with E-state index in [4.69, 9.17) is 10.5 Å². The van der Waals surface area contributed by atoms with Gasteiger partial charge in [0.25, 0.3) is 0 Å². The zero-order chi connectivity index (χ0) is 31.5. The summed E-state index contributed by atoms with van der Waals surface area (Å²) in [5.41, 5.74) is 5.34. The molecule has 1 aliphatic heterocycles. The second-order valence-electron chi connectivity index (χ2n) is 9.51. The van der Waals surface area contributed by atoms with Crippen LogP contribution in [0.15, 0.2) is 82.8 Å². The van der Waals surface area contributed by atoms with Crippen LogP contribution in [0.1, 0.15) is 15.9 Å².